The number of carbonyl (C=O) groups is 1. The number of hydrogen-bond donors (Lipinski definition) is 4. The summed E-state index contributed by atoms with van der Waals surface area (Å²) in [5, 5.41) is 31.4. The zero-order valence-electron chi connectivity index (χ0n) is 15.7. The monoisotopic (exact) mass is 513 g/mol. The van der Waals surface area contributed by atoms with Crippen LogP contribution in [0.25, 0.3) is 0 Å². The van der Waals surface area contributed by atoms with E-state index in [4.69, 9.17) is 19.3 Å². The zero-order chi connectivity index (χ0) is 21.1. The Hall–Kier alpha value is -1.32. The predicted octanol–water partition coefficient (Wildman–Crippen LogP) is -0.177. The van der Waals surface area contributed by atoms with Gasteiger partial charge in [-0.2, -0.15) is 4.98 Å². The highest BCUT2D eigenvalue weighted by Crippen LogP contribution is 2.29. The van der Waals surface area contributed by atoms with Gasteiger partial charge >= 0.3 is 11.8 Å². The number of rotatable bonds is 7. The first kappa shape index (κ1) is 23.0. The van der Waals surface area contributed by atoms with Crippen LogP contribution >= 0.6 is 22.6 Å². The van der Waals surface area contributed by atoms with Crippen LogP contribution in [0.3, 0.4) is 0 Å². The smallest absolute Gasteiger partial charge is 0.412 e. The van der Waals surface area contributed by atoms with E-state index in [1.165, 1.54) is 6.20 Å². The first-order valence-corrected chi connectivity index (χ1v) is 9.57. The molecule has 28 heavy (non-hydrogen) atoms. The first-order chi connectivity index (χ1) is 13.1. The summed E-state index contributed by atoms with van der Waals surface area (Å²) in [7, 11) is 1.56. The molecule has 1 saturated heterocycles. The zero-order valence-corrected chi connectivity index (χ0v) is 17.8. The van der Waals surface area contributed by atoms with Crippen molar-refractivity contribution in [1.82, 2.24) is 9.55 Å². The summed E-state index contributed by atoms with van der Waals surface area (Å²) < 4.78 is 17.0. The molecule has 2 heterocycles. The van der Waals surface area contributed by atoms with Gasteiger partial charge < -0.3 is 29.5 Å². The molecular formula is C16H24IN3O8. The second-order valence-electron chi connectivity index (χ2n) is 6.83. The van der Waals surface area contributed by atoms with Gasteiger partial charge in [0, 0.05) is 19.7 Å². The van der Waals surface area contributed by atoms with E-state index in [9.17, 15) is 19.8 Å². The summed E-state index contributed by atoms with van der Waals surface area (Å²) in [4.78, 5) is 28.0. The van der Waals surface area contributed by atoms with Crippen LogP contribution in [-0.2, 0) is 14.2 Å². The van der Waals surface area contributed by atoms with E-state index in [1.54, 1.807) is 7.11 Å². The predicted molar refractivity (Wildman–Crippen MR) is 105 cm³/mol. The molecule has 1 aromatic rings. The van der Waals surface area contributed by atoms with Crippen molar-refractivity contribution in [2.24, 2.45) is 0 Å². The Morgan fingerprint density at radius 2 is 2.11 bits per heavy atom. The average molecular weight is 513 g/mol. The van der Waals surface area contributed by atoms with Crippen molar-refractivity contribution in [1.29, 1.82) is 0 Å². The van der Waals surface area contributed by atoms with Crippen LogP contribution in [0, 0.1) is 3.57 Å². The molecule has 0 bridgehead atoms. The average Bonchev–Trinajstić information content (AvgIpc) is 2.92. The SMILES string of the molecule is COC(C)(C)CCOC(=O)Nc1nc(=O)n(C2O[C@H](CO)[C@@H](O)[C@H]2O)cc1I. The fourth-order valence-corrected chi connectivity index (χ4v) is 3.00. The molecule has 0 spiro atoms. The largest absolute Gasteiger partial charge is 0.449 e. The van der Waals surface area contributed by atoms with Gasteiger partial charge in [-0.05, 0) is 36.4 Å². The van der Waals surface area contributed by atoms with Gasteiger partial charge in [0.2, 0.25) is 0 Å². The van der Waals surface area contributed by atoms with Crippen molar-refractivity contribution >= 4 is 34.5 Å². The Morgan fingerprint density at radius 3 is 2.68 bits per heavy atom. The minimum Gasteiger partial charge on any atom is -0.449 e. The van der Waals surface area contributed by atoms with Crippen molar-refractivity contribution in [2.75, 3.05) is 25.6 Å². The van der Waals surface area contributed by atoms with E-state index in [2.05, 4.69) is 10.3 Å². The standard InChI is InChI=1S/C16H24IN3O8/c1-16(2,26-3)4-5-27-15(25)19-12-8(17)6-20(14(24)18-12)13-11(23)10(22)9(7-21)28-13/h6,9-11,13,21-23H,4-5,7H2,1-3H3,(H,18,19,24,25)/t9-,10-,11-,13?/m1/s1. The Morgan fingerprint density at radius 1 is 1.43 bits per heavy atom. The number of nitrogens with one attached hydrogen (secondary N) is 1. The number of methoxy groups -OCH3 is 1. The van der Waals surface area contributed by atoms with Gasteiger partial charge in [0.1, 0.15) is 18.3 Å². The molecule has 11 nitrogen and oxygen atoms in total. The summed E-state index contributed by atoms with van der Waals surface area (Å²) in [5.74, 6) is -0.00963. The Balaban J connectivity index is 2.06. The molecule has 1 amide bonds. The quantitative estimate of drug-likeness (QED) is 0.364. The lowest BCUT2D eigenvalue weighted by Gasteiger charge is -2.22. The highest BCUT2D eigenvalue weighted by molar-refractivity contribution is 14.1. The van der Waals surface area contributed by atoms with E-state index >= 15 is 0 Å². The fraction of sp³-hybridized carbons (Fsp3) is 0.688. The van der Waals surface area contributed by atoms with Crippen LogP contribution in [0.15, 0.2) is 11.0 Å². The second kappa shape index (κ2) is 9.45. The molecule has 158 valence electrons. The molecule has 0 saturated carbocycles. The fourth-order valence-electron chi connectivity index (χ4n) is 2.45. The number of halogens is 1. The second-order valence-corrected chi connectivity index (χ2v) is 7.99. The maximum absolute atomic E-state index is 12.3. The van der Waals surface area contributed by atoms with Crippen molar-refractivity contribution in [3.05, 3.63) is 20.3 Å². The normalized spacial score (nSPS) is 25.0. The van der Waals surface area contributed by atoms with Gasteiger partial charge in [-0.15, -0.1) is 0 Å². The van der Waals surface area contributed by atoms with E-state index < -0.39 is 48.5 Å². The Bertz CT molecular complexity index is 756. The van der Waals surface area contributed by atoms with Gasteiger partial charge in [0.05, 0.1) is 22.4 Å². The molecule has 4 N–H and O–H groups in total. The van der Waals surface area contributed by atoms with Gasteiger partial charge in [-0.3, -0.25) is 9.88 Å². The van der Waals surface area contributed by atoms with Crippen LogP contribution in [0.2, 0.25) is 0 Å². The molecule has 1 fully saturated rings. The van der Waals surface area contributed by atoms with Crippen LogP contribution in [0.4, 0.5) is 10.6 Å². The molecule has 1 aromatic heterocycles. The summed E-state index contributed by atoms with van der Waals surface area (Å²) in [5.41, 5.74) is -1.25. The molecule has 0 aliphatic carbocycles. The minimum absolute atomic E-state index is 0.00963. The van der Waals surface area contributed by atoms with Gasteiger partial charge in [0.25, 0.3) is 0 Å². The molecule has 1 unspecified atom stereocenters. The molecule has 1 aliphatic heterocycles. The third kappa shape index (κ3) is 5.39. The van der Waals surface area contributed by atoms with E-state index in [-0.39, 0.29) is 12.4 Å². The van der Waals surface area contributed by atoms with Crippen LogP contribution in [0.5, 0.6) is 0 Å². The van der Waals surface area contributed by atoms with Crippen molar-refractivity contribution in [2.45, 2.75) is 50.4 Å². The summed E-state index contributed by atoms with van der Waals surface area (Å²) in [6, 6.07) is 0. The lowest BCUT2D eigenvalue weighted by molar-refractivity contribution is -0.0550. The van der Waals surface area contributed by atoms with Crippen LogP contribution in [-0.4, -0.2) is 75.2 Å². The first-order valence-electron chi connectivity index (χ1n) is 8.49. The van der Waals surface area contributed by atoms with Crippen molar-refractivity contribution in [3.8, 4) is 0 Å². The van der Waals surface area contributed by atoms with Crippen molar-refractivity contribution in [3.63, 3.8) is 0 Å². The molecule has 0 aromatic carbocycles. The van der Waals surface area contributed by atoms with E-state index in [0.29, 0.717) is 9.99 Å². The van der Waals surface area contributed by atoms with Crippen molar-refractivity contribution < 1.29 is 34.3 Å². The highest BCUT2D eigenvalue weighted by Gasteiger charge is 2.44. The molecule has 0 radical (unpaired) electrons. The van der Waals surface area contributed by atoms with E-state index in [0.717, 1.165) is 4.57 Å². The minimum atomic E-state index is -1.42. The van der Waals surface area contributed by atoms with E-state index in [1.807, 2.05) is 36.4 Å². The number of aliphatic hydroxyl groups is 3. The third-order valence-electron chi connectivity index (χ3n) is 4.41. The highest BCUT2D eigenvalue weighted by atomic mass is 127. The van der Waals surface area contributed by atoms with Crippen LogP contribution in [0.1, 0.15) is 26.5 Å². The van der Waals surface area contributed by atoms with Crippen LogP contribution < -0.4 is 11.0 Å². The van der Waals surface area contributed by atoms with Gasteiger partial charge in [-0.25, -0.2) is 9.59 Å². The number of aromatic nitrogens is 2. The number of aliphatic hydroxyl groups excluding tert-OH is 3. The lowest BCUT2D eigenvalue weighted by Crippen LogP contribution is -2.36. The topological polar surface area (TPSA) is 152 Å². The molecule has 1 aliphatic rings. The summed E-state index contributed by atoms with van der Waals surface area (Å²) in [6.07, 6.45) is -3.97. The van der Waals surface area contributed by atoms with Gasteiger partial charge in [0.15, 0.2) is 12.0 Å². The Labute approximate surface area is 174 Å². The molecule has 12 heteroatoms. The number of anilines is 1. The van der Waals surface area contributed by atoms with Gasteiger partial charge in [-0.1, -0.05) is 0 Å². The molecular weight excluding hydrogens is 489 g/mol. The third-order valence-corrected chi connectivity index (χ3v) is 5.20. The number of hydrogen-bond acceptors (Lipinski definition) is 9. The summed E-state index contributed by atoms with van der Waals surface area (Å²) in [6.45, 7) is 3.31. The number of nitrogens with zero attached hydrogens (tertiary/aromatic N) is 2. The number of amides is 1. The maximum Gasteiger partial charge on any atom is 0.412 e. The molecule has 2 rings (SSSR count). The molecule has 4 atom stereocenters. The summed E-state index contributed by atoms with van der Waals surface area (Å²) >= 11 is 1.84. The number of ether oxygens (including phenoxy) is 3. The Kier molecular flexibility index (Phi) is 7.75. The maximum atomic E-state index is 12.3. The number of carbonyl (C=O) groups excluding carboxylic acids is 1. The lowest BCUT2D eigenvalue weighted by atomic mass is 10.1.